The molecule has 0 saturated carbocycles. The van der Waals surface area contributed by atoms with Crippen molar-refractivity contribution in [1.82, 2.24) is 0 Å². The van der Waals surface area contributed by atoms with E-state index in [0.717, 1.165) is 16.8 Å². The fourth-order valence-electron chi connectivity index (χ4n) is 3.47. The lowest BCUT2D eigenvalue weighted by atomic mass is 9.86. The van der Waals surface area contributed by atoms with E-state index < -0.39 is 5.60 Å². The van der Waals surface area contributed by atoms with Crippen molar-refractivity contribution in [3.63, 3.8) is 0 Å². The zero-order valence-corrected chi connectivity index (χ0v) is 16.1. The molecule has 0 spiro atoms. The minimum atomic E-state index is -1.51. The van der Waals surface area contributed by atoms with Gasteiger partial charge in [-0.1, -0.05) is 31.5 Å². The minimum Gasteiger partial charge on any atom is -0.374 e. The second-order valence-corrected chi connectivity index (χ2v) is 6.82. The summed E-state index contributed by atoms with van der Waals surface area (Å²) >= 11 is 0. The van der Waals surface area contributed by atoms with E-state index in [1.54, 1.807) is 0 Å². The summed E-state index contributed by atoms with van der Waals surface area (Å²) < 4.78 is 0. The molecule has 1 unspecified atom stereocenters. The van der Waals surface area contributed by atoms with Crippen molar-refractivity contribution in [2.24, 2.45) is 4.99 Å². The molecule has 1 saturated heterocycles. The average molecular weight is 350 g/mol. The van der Waals surface area contributed by atoms with Crippen LogP contribution in [0.1, 0.15) is 47.3 Å². The van der Waals surface area contributed by atoms with Crippen LogP contribution >= 0.6 is 0 Å². The summed E-state index contributed by atoms with van der Waals surface area (Å²) in [4.78, 5) is 19.6. The molecule has 0 aliphatic carbocycles. The van der Waals surface area contributed by atoms with Crippen molar-refractivity contribution in [2.75, 3.05) is 11.4 Å². The number of aliphatic imine (C=N–C) groups is 1. The molecule has 26 heavy (non-hydrogen) atoms. The maximum Gasteiger partial charge on any atom is 0.204 e. The first-order chi connectivity index (χ1) is 12.4. The van der Waals surface area contributed by atoms with E-state index in [1.807, 2.05) is 75.9 Å². The first-order valence-electron chi connectivity index (χ1n) is 9.22. The van der Waals surface area contributed by atoms with Gasteiger partial charge in [0.1, 0.15) is 5.84 Å². The summed E-state index contributed by atoms with van der Waals surface area (Å²) in [5, 5.41) is 11.1. The molecule has 1 fully saturated rings. The summed E-state index contributed by atoms with van der Waals surface area (Å²) in [5.41, 5.74) is 3.92. The molecule has 0 radical (unpaired) electrons. The van der Waals surface area contributed by atoms with Crippen molar-refractivity contribution in [3.8, 4) is 0 Å². The Hall–Kier alpha value is -2.46. The number of benzene rings is 2. The van der Waals surface area contributed by atoms with Crippen LogP contribution in [0, 0.1) is 20.8 Å². The zero-order valence-electron chi connectivity index (χ0n) is 16.1. The van der Waals surface area contributed by atoms with E-state index in [-0.39, 0.29) is 5.78 Å². The highest BCUT2D eigenvalue weighted by Crippen LogP contribution is 2.40. The molecule has 2 aliphatic heterocycles. The van der Waals surface area contributed by atoms with Gasteiger partial charge in [0.25, 0.3) is 0 Å². The van der Waals surface area contributed by atoms with Crippen molar-refractivity contribution in [3.05, 3.63) is 58.7 Å². The van der Waals surface area contributed by atoms with Crippen LogP contribution in [0.5, 0.6) is 0 Å². The smallest absolute Gasteiger partial charge is 0.204 e. The van der Waals surface area contributed by atoms with Crippen molar-refractivity contribution in [1.29, 1.82) is 0 Å². The number of rotatable bonds is 1. The number of carbonyl (C=O) groups excluding carboxylic acids is 1. The lowest BCUT2D eigenvalue weighted by Crippen LogP contribution is -2.48. The Morgan fingerprint density at radius 3 is 2.31 bits per heavy atom. The van der Waals surface area contributed by atoms with E-state index in [1.165, 1.54) is 5.56 Å². The van der Waals surface area contributed by atoms with Gasteiger partial charge in [-0.15, -0.1) is 0 Å². The fourth-order valence-corrected chi connectivity index (χ4v) is 3.47. The molecule has 0 bridgehead atoms. The highest BCUT2D eigenvalue weighted by Gasteiger charge is 2.52. The summed E-state index contributed by atoms with van der Waals surface area (Å²) in [6.45, 7) is 10.6. The summed E-state index contributed by atoms with van der Waals surface area (Å²) in [5.74, 6) is 0.215. The number of Topliss-reactive ketones (excluding diaryl/α,β-unsaturated/α-hetero) is 1. The molecule has 2 heterocycles. The number of amidine groups is 1. The van der Waals surface area contributed by atoms with Gasteiger partial charge in [0.15, 0.2) is 5.60 Å². The van der Waals surface area contributed by atoms with Gasteiger partial charge in [-0.25, -0.2) is 4.99 Å². The Morgan fingerprint density at radius 2 is 1.65 bits per heavy atom. The SMILES string of the molecule is CC.Cc1ccc(N2CCC3(O)C(=O)c4cc(C)c(C)cc4N=C23)cc1. The van der Waals surface area contributed by atoms with E-state index in [2.05, 4.69) is 4.99 Å². The highest BCUT2D eigenvalue weighted by atomic mass is 16.3. The number of ketones is 1. The average Bonchev–Trinajstić information content (AvgIpc) is 2.98. The predicted molar refractivity (Wildman–Crippen MR) is 107 cm³/mol. The van der Waals surface area contributed by atoms with E-state index in [0.29, 0.717) is 30.1 Å². The Labute approximate surface area is 155 Å². The van der Waals surface area contributed by atoms with Crippen molar-refractivity contribution < 1.29 is 9.90 Å². The van der Waals surface area contributed by atoms with E-state index in [4.69, 9.17) is 0 Å². The number of hydrogen-bond acceptors (Lipinski definition) is 4. The Bertz CT molecular complexity index is 884. The summed E-state index contributed by atoms with van der Waals surface area (Å²) in [6.07, 6.45) is 0.366. The van der Waals surface area contributed by atoms with Gasteiger partial charge in [0.05, 0.1) is 5.69 Å². The molecule has 0 amide bonds. The first kappa shape index (κ1) is 18.3. The molecule has 136 valence electrons. The van der Waals surface area contributed by atoms with Gasteiger partial charge in [-0.05, 0) is 56.2 Å². The number of carbonyl (C=O) groups is 1. The third-order valence-corrected chi connectivity index (χ3v) is 5.13. The number of aliphatic hydroxyl groups is 1. The van der Waals surface area contributed by atoms with E-state index in [9.17, 15) is 9.90 Å². The van der Waals surface area contributed by atoms with Crippen molar-refractivity contribution in [2.45, 2.75) is 46.6 Å². The molecule has 4 heteroatoms. The number of fused-ring (bicyclic) bond motifs is 2. The van der Waals surface area contributed by atoms with Gasteiger partial charge in [0, 0.05) is 24.2 Å². The van der Waals surface area contributed by atoms with Crippen LogP contribution in [0.25, 0.3) is 0 Å². The molecular weight excluding hydrogens is 324 g/mol. The Kier molecular flexibility index (Phi) is 4.72. The first-order valence-corrected chi connectivity index (χ1v) is 9.22. The molecule has 4 rings (SSSR count). The van der Waals surface area contributed by atoms with Gasteiger partial charge < -0.3 is 10.0 Å². The minimum absolute atomic E-state index is 0.236. The standard InChI is InChI=1S/C20H20N2O2.C2H6/c1-12-4-6-15(7-5-12)22-9-8-20(24)18(23)16-10-13(2)14(3)11-17(16)21-19(20)22;1-2/h4-7,10-11,24H,8-9H2,1-3H3;1-2H3. The molecule has 2 aromatic carbocycles. The zero-order chi connectivity index (χ0) is 19.1. The molecule has 4 nitrogen and oxygen atoms in total. The topological polar surface area (TPSA) is 52.9 Å². The predicted octanol–water partition coefficient (Wildman–Crippen LogP) is 4.51. The van der Waals surface area contributed by atoms with Crippen LogP contribution in [0.2, 0.25) is 0 Å². The fraction of sp³-hybridized carbons (Fsp3) is 0.364. The molecular formula is C22H26N2O2. The van der Waals surface area contributed by atoms with Crippen LogP contribution in [0.15, 0.2) is 41.4 Å². The summed E-state index contributed by atoms with van der Waals surface area (Å²) in [6, 6.07) is 11.8. The number of anilines is 1. The van der Waals surface area contributed by atoms with Crippen LogP contribution in [0.4, 0.5) is 11.4 Å². The van der Waals surface area contributed by atoms with Crippen LogP contribution in [-0.4, -0.2) is 28.9 Å². The van der Waals surface area contributed by atoms with Gasteiger partial charge in [-0.2, -0.15) is 0 Å². The van der Waals surface area contributed by atoms with Crippen molar-refractivity contribution >= 4 is 23.0 Å². The van der Waals surface area contributed by atoms with Crippen LogP contribution < -0.4 is 4.90 Å². The lowest BCUT2D eigenvalue weighted by molar-refractivity contribution is 0.0602. The second kappa shape index (κ2) is 6.69. The third-order valence-electron chi connectivity index (χ3n) is 5.13. The van der Waals surface area contributed by atoms with Crippen LogP contribution in [-0.2, 0) is 0 Å². The monoisotopic (exact) mass is 350 g/mol. The highest BCUT2D eigenvalue weighted by molar-refractivity contribution is 6.28. The molecule has 2 aliphatic rings. The lowest BCUT2D eigenvalue weighted by Gasteiger charge is -2.30. The summed E-state index contributed by atoms with van der Waals surface area (Å²) in [7, 11) is 0. The number of aryl methyl sites for hydroxylation is 3. The molecule has 0 aromatic heterocycles. The number of hydrogen-bond donors (Lipinski definition) is 1. The maximum absolute atomic E-state index is 13.0. The normalized spacial score (nSPS) is 20.8. The molecule has 1 atom stereocenters. The Balaban J connectivity index is 0.000000948. The van der Waals surface area contributed by atoms with Crippen LogP contribution in [0.3, 0.4) is 0 Å². The van der Waals surface area contributed by atoms with Gasteiger partial charge in [-0.3, -0.25) is 4.79 Å². The number of nitrogens with zero attached hydrogens (tertiary/aromatic N) is 2. The quantitative estimate of drug-likeness (QED) is 0.823. The third kappa shape index (κ3) is 2.74. The maximum atomic E-state index is 13.0. The molecule has 2 aromatic rings. The second-order valence-electron chi connectivity index (χ2n) is 6.82. The largest absolute Gasteiger partial charge is 0.374 e. The van der Waals surface area contributed by atoms with Gasteiger partial charge in [0.2, 0.25) is 5.78 Å². The van der Waals surface area contributed by atoms with E-state index >= 15 is 0 Å². The molecule has 1 N–H and O–H groups in total. The van der Waals surface area contributed by atoms with Gasteiger partial charge >= 0.3 is 0 Å². The Morgan fingerprint density at radius 1 is 1.04 bits per heavy atom.